The highest BCUT2D eigenvalue weighted by Gasteiger charge is 2.28. The first kappa shape index (κ1) is 15.9. The Kier molecular flexibility index (Phi) is 3.90. The molecule has 1 heterocycles. The van der Waals surface area contributed by atoms with Gasteiger partial charge in [-0.3, -0.25) is 25.0 Å². The molecule has 1 aliphatic rings. The fourth-order valence-corrected chi connectivity index (χ4v) is 2.84. The monoisotopic (exact) mass is 347 g/mol. The Hall–Kier alpha value is -3.00. The van der Waals surface area contributed by atoms with Gasteiger partial charge in [-0.2, -0.15) is 0 Å². The third-order valence-electron chi connectivity index (χ3n) is 3.80. The molecule has 1 amide bonds. The van der Waals surface area contributed by atoms with Crippen LogP contribution in [0.25, 0.3) is 0 Å². The summed E-state index contributed by atoms with van der Waals surface area (Å²) < 4.78 is 0. The van der Waals surface area contributed by atoms with Crippen LogP contribution in [-0.4, -0.2) is 22.3 Å². The van der Waals surface area contributed by atoms with E-state index in [0.717, 1.165) is 6.07 Å². The van der Waals surface area contributed by atoms with Crippen molar-refractivity contribution in [2.45, 2.75) is 6.42 Å². The van der Waals surface area contributed by atoms with E-state index >= 15 is 0 Å². The highest BCUT2D eigenvalue weighted by molar-refractivity contribution is 6.32. The molecule has 9 heteroatoms. The quantitative estimate of drug-likeness (QED) is 0.625. The Bertz CT molecular complexity index is 883. The van der Waals surface area contributed by atoms with Gasteiger partial charge in [0.2, 0.25) is 0 Å². The van der Waals surface area contributed by atoms with E-state index < -0.39 is 15.8 Å². The number of non-ortho nitro benzene ring substituents is 1. The van der Waals surface area contributed by atoms with Crippen molar-refractivity contribution in [3.05, 3.63) is 72.8 Å². The van der Waals surface area contributed by atoms with Crippen LogP contribution in [0.3, 0.4) is 0 Å². The Morgan fingerprint density at radius 2 is 1.83 bits per heavy atom. The molecule has 2 aromatic rings. The van der Waals surface area contributed by atoms with Crippen molar-refractivity contribution in [1.29, 1.82) is 0 Å². The lowest BCUT2D eigenvalue weighted by Gasteiger charge is -2.17. The van der Waals surface area contributed by atoms with Gasteiger partial charge in [0.05, 0.1) is 9.85 Å². The van der Waals surface area contributed by atoms with Crippen molar-refractivity contribution >= 4 is 34.6 Å². The molecular formula is C15H10ClN3O5. The number of halogens is 1. The average Bonchev–Trinajstić information content (AvgIpc) is 2.97. The topological polar surface area (TPSA) is 107 Å². The highest BCUT2D eigenvalue weighted by atomic mass is 35.5. The molecule has 8 nitrogen and oxygen atoms in total. The summed E-state index contributed by atoms with van der Waals surface area (Å²) in [6, 6.07) is 8.14. The Balaban J connectivity index is 1.95. The Morgan fingerprint density at radius 3 is 2.50 bits per heavy atom. The number of nitro benzene ring substituents is 2. The lowest BCUT2D eigenvalue weighted by atomic mass is 10.1. The second-order valence-corrected chi connectivity index (χ2v) is 5.61. The molecule has 0 bridgehead atoms. The van der Waals surface area contributed by atoms with Crippen LogP contribution < -0.4 is 4.90 Å². The molecule has 0 spiro atoms. The van der Waals surface area contributed by atoms with Gasteiger partial charge in [-0.1, -0.05) is 11.6 Å². The average molecular weight is 348 g/mol. The Labute approximate surface area is 140 Å². The van der Waals surface area contributed by atoms with Crippen LogP contribution in [-0.2, 0) is 6.42 Å². The number of hydrogen-bond acceptors (Lipinski definition) is 5. The number of benzene rings is 2. The number of rotatable bonds is 3. The first-order valence-electron chi connectivity index (χ1n) is 6.91. The van der Waals surface area contributed by atoms with E-state index in [4.69, 9.17) is 11.6 Å². The lowest BCUT2D eigenvalue weighted by molar-refractivity contribution is -0.385. The predicted molar refractivity (Wildman–Crippen MR) is 86.6 cm³/mol. The molecule has 0 radical (unpaired) electrons. The van der Waals surface area contributed by atoms with Gasteiger partial charge >= 0.3 is 0 Å². The zero-order valence-corrected chi connectivity index (χ0v) is 12.9. The molecule has 0 unspecified atom stereocenters. The van der Waals surface area contributed by atoms with Gasteiger partial charge in [0.15, 0.2) is 0 Å². The number of anilines is 1. The van der Waals surface area contributed by atoms with E-state index in [1.165, 1.54) is 35.2 Å². The van der Waals surface area contributed by atoms with E-state index in [-0.39, 0.29) is 22.0 Å². The fraction of sp³-hybridized carbons (Fsp3) is 0.133. The van der Waals surface area contributed by atoms with Crippen LogP contribution in [0.1, 0.15) is 15.9 Å². The van der Waals surface area contributed by atoms with Gasteiger partial charge in [0, 0.05) is 36.0 Å². The fourth-order valence-electron chi connectivity index (χ4n) is 2.65. The van der Waals surface area contributed by atoms with Crippen LogP contribution in [0, 0.1) is 20.2 Å². The van der Waals surface area contributed by atoms with E-state index in [0.29, 0.717) is 24.2 Å². The molecule has 0 atom stereocenters. The standard InChI is InChI=1S/C15H10ClN3O5/c16-12-3-1-10(8-14(12)19(23)24)15(20)17-6-5-9-7-11(18(21)22)2-4-13(9)17/h1-4,7-8H,5-6H2. The van der Waals surface area contributed by atoms with E-state index in [1.807, 2.05) is 0 Å². The maximum atomic E-state index is 12.6. The number of carbonyl (C=O) groups excluding carboxylic acids is 1. The van der Waals surface area contributed by atoms with Gasteiger partial charge in [0.1, 0.15) is 5.02 Å². The Morgan fingerprint density at radius 1 is 1.08 bits per heavy atom. The number of carbonyl (C=O) groups is 1. The van der Waals surface area contributed by atoms with Gasteiger partial charge in [-0.15, -0.1) is 0 Å². The second kappa shape index (κ2) is 5.89. The largest absolute Gasteiger partial charge is 0.308 e. The van der Waals surface area contributed by atoms with Crippen molar-refractivity contribution in [3.63, 3.8) is 0 Å². The number of nitrogens with zero attached hydrogens (tertiary/aromatic N) is 3. The lowest BCUT2D eigenvalue weighted by Crippen LogP contribution is -2.28. The molecule has 0 aromatic heterocycles. The minimum absolute atomic E-state index is 0.0369. The van der Waals surface area contributed by atoms with Crippen molar-refractivity contribution in [2.75, 3.05) is 11.4 Å². The molecule has 2 aromatic carbocycles. The molecule has 0 saturated carbocycles. The minimum Gasteiger partial charge on any atom is -0.308 e. The van der Waals surface area contributed by atoms with Crippen molar-refractivity contribution < 1.29 is 14.6 Å². The van der Waals surface area contributed by atoms with Gasteiger partial charge in [0.25, 0.3) is 17.3 Å². The molecule has 1 aliphatic heterocycles. The first-order valence-corrected chi connectivity index (χ1v) is 7.29. The molecule has 24 heavy (non-hydrogen) atoms. The predicted octanol–water partition coefficient (Wildman–Crippen LogP) is 3.36. The summed E-state index contributed by atoms with van der Waals surface area (Å²) in [5, 5.41) is 21.7. The van der Waals surface area contributed by atoms with Crippen LogP contribution in [0.4, 0.5) is 17.1 Å². The normalized spacial score (nSPS) is 12.8. The maximum absolute atomic E-state index is 12.6. The van der Waals surface area contributed by atoms with Crippen LogP contribution >= 0.6 is 11.6 Å². The van der Waals surface area contributed by atoms with E-state index in [2.05, 4.69) is 0 Å². The van der Waals surface area contributed by atoms with E-state index in [1.54, 1.807) is 0 Å². The van der Waals surface area contributed by atoms with Gasteiger partial charge in [-0.05, 0) is 30.2 Å². The molecule has 0 aliphatic carbocycles. The van der Waals surface area contributed by atoms with Crippen molar-refractivity contribution in [3.8, 4) is 0 Å². The summed E-state index contributed by atoms with van der Waals surface area (Å²) in [5.41, 5.74) is 1.03. The summed E-state index contributed by atoms with van der Waals surface area (Å²) in [4.78, 5) is 34.7. The zero-order valence-electron chi connectivity index (χ0n) is 12.1. The zero-order chi connectivity index (χ0) is 17.4. The van der Waals surface area contributed by atoms with E-state index in [9.17, 15) is 25.0 Å². The maximum Gasteiger partial charge on any atom is 0.288 e. The summed E-state index contributed by atoms with van der Waals surface area (Å²) in [5.74, 6) is -0.414. The van der Waals surface area contributed by atoms with Crippen LogP contribution in [0.5, 0.6) is 0 Å². The third kappa shape index (κ3) is 2.67. The molecular weight excluding hydrogens is 338 g/mol. The second-order valence-electron chi connectivity index (χ2n) is 5.20. The molecule has 122 valence electrons. The number of nitro groups is 2. The van der Waals surface area contributed by atoms with Crippen LogP contribution in [0.15, 0.2) is 36.4 Å². The van der Waals surface area contributed by atoms with Crippen LogP contribution in [0.2, 0.25) is 5.02 Å². The van der Waals surface area contributed by atoms with Crippen molar-refractivity contribution in [1.82, 2.24) is 0 Å². The minimum atomic E-state index is -0.652. The molecule has 3 rings (SSSR count). The summed E-state index contributed by atoms with van der Waals surface area (Å²) in [6.45, 7) is 0.353. The third-order valence-corrected chi connectivity index (χ3v) is 4.12. The molecule has 0 saturated heterocycles. The number of amides is 1. The SMILES string of the molecule is O=C(c1ccc(Cl)c([N+](=O)[O-])c1)N1CCc2cc([N+](=O)[O-])ccc21. The van der Waals surface area contributed by atoms with Crippen molar-refractivity contribution in [2.24, 2.45) is 0 Å². The summed E-state index contributed by atoms with van der Waals surface area (Å²) >= 11 is 5.75. The first-order chi connectivity index (χ1) is 11.4. The molecule has 0 N–H and O–H groups in total. The molecule has 0 fully saturated rings. The summed E-state index contributed by atoms with van der Waals surface area (Å²) in [6.07, 6.45) is 0.485. The van der Waals surface area contributed by atoms with Gasteiger partial charge < -0.3 is 4.90 Å². The number of hydrogen-bond donors (Lipinski definition) is 0. The van der Waals surface area contributed by atoms with Gasteiger partial charge in [-0.25, -0.2) is 0 Å². The number of fused-ring (bicyclic) bond motifs is 1. The highest BCUT2D eigenvalue weighted by Crippen LogP contribution is 2.33. The smallest absolute Gasteiger partial charge is 0.288 e. The summed E-state index contributed by atoms with van der Waals surface area (Å²) in [7, 11) is 0.